The Morgan fingerprint density at radius 1 is 1.37 bits per heavy atom. The van der Waals surface area contributed by atoms with Crippen LogP contribution in [0.5, 0.6) is 0 Å². The molecule has 0 aliphatic heterocycles. The van der Waals surface area contributed by atoms with Crippen LogP contribution in [0.3, 0.4) is 0 Å². The highest BCUT2D eigenvalue weighted by Crippen LogP contribution is 2.37. The number of rotatable bonds is 4. The maximum Gasteiger partial charge on any atom is 0.0642 e. The van der Waals surface area contributed by atoms with Crippen molar-refractivity contribution in [3.63, 3.8) is 0 Å². The summed E-state index contributed by atoms with van der Waals surface area (Å²) < 4.78 is 0. The van der Waals surface area contributed by atoms with Crippen molar-refractivity contribution in [3.05, 3.63) is 23.3 Å². The Balaban J connectivity index is 2.69. The van der Waals surface area contributed by atoms with Crippen molar-refractivity contribution in [1.82, 2.24) is 0 Å². The number of aliphatic hydroxyl groups excluding tert-OH is 1. The summed E-state index contributed by atoms with van der Waals surface area (Å²) in [6.07, 6.45) is 8.34. The van der Waals surface area contributed by atoms with Crippen LogP contribution in [0.1, 0.15) is 40.0 Å². The van der Waals surface area contributed by atoms with E-state index in [1.54, 1.807) is 0 Å². The zero-order valence-electron chi connectivity index (χ0n) is 13.7. The highest BCUT2D eigenvalue weighted by molar-refractivity contribution is 6.76. The fourth-order valence-corrected chi connectivity index (χ4v) is 4.44. The Morgan fingerprint density at radius 3 is 2.37 bits per heavy atom. The van der Waals surface area contributed by atoms with Gasteiger partial charge in [0.05, 0.1) is 6.61 Å². The van der Waals surface area contributed by atoms with Gasteiger partial charge in [0.2, 0.25) is 0 Å². The lowest BCUT2D eigenvalue weighted by Crippen LogP contribution is -2.22. The van der Waals surface area contributed by atoms with Gasteiger partial charge in [0.1, 0.15) is 0 Å². The molecule has 0 amide bonds. The first-order chi connectivity index (χ1) is 8.62. The van der Waals surface area contributed by atoms with Crippen LogP contribution in [0.4, 0.5) is 0 Å². The smallest absolute Gasteiger partial charge is 0.0642 e. The molecule has 0 saturated heterocycles. The number of hydrogen-bond donors (Lipinski definition) is 1. The van der Waals surface area contributed by atoms with E-state index in [1.165, 1.54) is 30.4 Å². The van der Waals surface area contributed by atoms with Crippen LogP contribution in [-0.2, 0) is 0 Å². The summed E-state index contributed by atoms with van der Waals surface area (Å²) in [5, 5.41) is 9.53. The van der Waals surface area contributed by atoms with Gasteiger partial charge in [-0.2, -0.15) is 0 Å². The molecule has 19 heavy (non-hydrogen) atoms. The van der Waals surface area contributed by atoms with E-state index in [2.05, 4.69) is 52.6 Å². The second-order valence-corrected chi connectivity index (χ2v) is 13.8. The molecule has 1 atom stereocenters. The van der Waals surface area contributed by atoms with Crippen LogP contribution >= 0.6 is 0 Å². The maximum atomic E-state index is 9.53. The van der Waals surface area contributed by atoms with Crippen LogP contribution in [-0.4, -0.2) is 19.8 Å². The summed E-state index contributed by atoms with van der Waals surface area (Å²) in [6, 6.07) is 1.11. The second-order valence-electron chi connectivity index (χ2n) is 8.31. The lowest BCUT2D eigenvalue weighted by Gasteiger charge is -2.33. The Morgan fingerprint density at radius 2 is 2.00 bits per heavy atom. The third-order valence-electron chi connectivity index (χ3n) is 4.02. The lowest BCUT2D eigenvalue weighted by molar-refractivity contribution is 0.221. The van der Waals surface area contributed by atoms with E-state index < -0.39 is 8.07 Å². The van der Waals surface area contributed by atoms with Crippen molar-refractivity contribution < 1.29 is 5.11 Å². The molecule has 0 aromatic carbocycles. The molecule has 0 radical (unpaired) electrons. The molecule has 0 heterocycles. The Kier molecular flexibility index (Phi) is 5.63. The van der Waals surface area contributed by atoms with Crippen molar-refractivity contribution in [1.29, 1.82) is 0 Å². The molecular formula is C17H32OSi. The monoisotopic (exact) mass is 280 g/mol. The molecule has 0 spiro atoms. The third-order valence-corrected chi connectivity index (χ3v) is 5.54. The van der Waals surface area contributed by atoms with Gasteiger partial charge in [-0.1, -0.05) is 58.1 Å². The average molecular weight is 281 g/mol. The number of hydrogen-bond acceptors (Lipinski definition) is 1. The van der Waals surface area contributed by atoms with Crippen LogP contribution in [0.2, 0.25) is 25.7 Å². The van der Waals surface area contributed by atoms with Gasteiger partial charge < -0.3 is 5.11 Å². The molecule has 0 aromatic heterocycles. The van der Waals surface area contributed by atoms with Gasteiger partial charge in [0.15, 0.2) is 0 Å². The summed E-state index contributed by atoms with van der Waals surface area (Å²) in [5.41, 5.74) is 3.10. The van der Waals surface area contributed by atoms with E-state index in [-0.39, 0.29) is 6.61 Å². The topological polar surface area (TPSA) is 20.2 Å². The summed E-state index contributed by atoms with van der Waals surface area (Å²) in [4.78, 5) is 0. The fourth-order valence-electron chi connectivity index (χ4n) is 2.87. The van der Waals surface area contributed by atoms with E-state index >= 15 is 0 Å². The Bertz CT molecular complexity index is 352. The minimum absolute atomic E-state index is 0.226. The molecule has 0 saturated carbocycles. The van der Waals surface area contributed by atoms with Crippen molar-refractivity contribution in [2.24, 2.45) is 11.3 Å². The molecule has 1 unspecified atom stereocenters. The largest absolute Gasteiger partial charge is 0.392 e. The number of allylic oxidation sites excluding steroid dienone is 3. The van der Waals surface area contributed by atoms with Gasteiger partial charge in [-0.05, 0) is 42.2 Å². The van der Waals surface area contributed by atoms with Crippen LogP contribution in [0.15, 0.2) is 23.3 Å². The minimum Gasteiger partial charge on any atom is -0.392 e. The molecule has 0 bridgehead atoms. The first kappa shape index (κ1) is 16.7. The highest BCUT2D eigenvalue weighted by atomic mass is 28.3. The average Bonchev–Trinajstić information content (AvgIpc) is 2.26. The molecule has 1 N–H and O–H groups in total. The van der Waals surface area contributed by atoms with E-state index in [0.29, 0.717) is 5.41 Å². The van der Waals surface area contributed by atoms with E-state index in [1.807, 2.05) is 0 Å². The van der Waals surface area contributed by atoms with Gasteiger partial charge in [-0.3, -0.25) is 0 Å². The first-order valence-electron chi connectivity index (χ1n) is 7.61. The lowest BCUT2D eigenvalue weighted by atomic mass is 9.73. The highest BCUT2D eigenvalue weighted by Gasteiger charge is 2.26. The summed E-state index contributed by atoms with van der Waals surface area (Å²) in [5.74, 6) is 0.805. The minimum atomic E-state index is -1.12. The van der Waals surface area contributed by atoms with Crippen molar-refractivity contribution in [2.45, 2.75) is 65.7 Å². The van der Waals surface area contributed by atoms with E-state index in [0.717, 1.165) is 12.0 Å². The van der Waals surface area contributed by atoms with E-state index in [9.17, 15) is 5.11 Å². The van der Waals surface area contributed by atoms with Crippen molar-refractivity contribution in [3.8, 4) is 0 Å². The van der Waals surface area contributed by atoms with Gasteiger partial charge in [0.25, 0.3) is 0 Å². The Labute approximate surface area is 120 Å². The zero-order chi connectivity index (χ0) is 14.7. The molecule has 1 nitrogen and oxygen atoms in total. The van der Waals surface area contributed by atoms with Crippen LogP contribution < -0.4 is 0 Å². The quantitative estimate of drug-likeness (QED) is 0.717. The predicted octanol–water partition coefficient (Wildman–Crippen LogP) is 5.02. The Hall–Kier alpha value is -0.343. The van der Waals surface area contributed by atoms with Crippen molar-refractivity contribution >= 4 is 8.07 Å². The van der Waals surface area contributed by atoms with Crippen molar-refractivity contribution in [2.75, 3.05) is 6.61 Å². The van der Waals surface area contributed by atoms with Crippen LogP contribution in [0, 0.1) is 11.3 Å². The summed E-state index contributed by atoms with van der Waals surface area (Å²) in [7, 11) is -1.12. The molecule has 2 heteroatoms. The van der Waals surface area contributed by atoms with Gasteiger partial charge >= 0.3 is 0 Å². The van der Waals surface area contributed by atoms with Crippen LogP contribution in [0.25, 0.3) is 0 Å². The molecule has 1 rings (SSSR count). The SMILES string of the molecule is CC(C)(C)C1CC=C(/C=C(\CO)C[Si](C)(C)C)CC1. The normalized spacial score (nSPS) is 22.4. The molecular weight excluding hydrogens is 248 g/mol. The summed E-state index contributed by atoms with van der Waals surface area (Å²) in [6.45, 7) is 14.3. The van der Waals surface area contributed by atoms with Gasteiger partial charge in [-0.25, -0.2) is 0 Å². The molecule has 1 aliphatic carbocycles. The molecule has 1 aliphatic rings. The standard InChI is InChI=1S/C17H32OSi/c1-17(2,3)16-9-7-14(8-10-16)11-15(12-18)13-19(4,5)6/h7,11,16,18H,8-10,12-13H2,1-6H3/b15-11+. The maximum absolute atomic E-state index is 9.53. The van der Waals surface area contributed by atoms with Gasteiger partial charge in [-0.15, -0.1) is 0 Å². The molecule has 0 fully saturated rings. The summed E-state index contributed by atoms with van der Waals surface area (Å²) >= 11 is 0. The zero-order valence-corrected chi connectivity index (χ0v) is 14.7. The number of aliphatic hydroxyl groups is 1. The second kappa shape index (κ2) is 6.40. The predicted molar refractivity (Wildman–Crippen MR) is 88.2 cm³/mol. The molecule has 0 aromatic rings. The van der Waals surface area contributed by atoms with E-state index in [4.69, 9.17) is 0 Å². The fraction of sp³-hybridized carbons (Fsp3) is 0.765. The molecule has 110 valence electrons. The first-order valence-corrected chi connectivity index (χ1v) is 11.3. The third kappa shape index (κ3) is 6.09. The van der Waals surface area contributed by atoms with Gasteiger partial charge in [0, 0.05) is 8.07 Å².